The van der Waals surface area contributed by atoms with Gasteiger partial charge in [0.1, 0.15) is 5.75 Å². The van der Waals surface area contributed by atoms with Gasteiger partial charge < -0.3 is 9.84 Å². The fraction of sp³-hybridized carbons (Fsp3) is 0.250. The van der Waals surface area contributed by atoms with E-state index in [9.17, 15) is 5.11 Å². The number of halogens is 1. The highest BCUT2D eigenvalue weighted by atomic mass is 79.9. The highest BCUT2D eigenvalue weighted by molar-refractivity contribution is 9.10. The van der Waals surface area contributed by atoms with Gasteiger partial charge in [0.25, 0.3) is 0 Å². The van der Waals surface area contributed by atoms with Crippen LogP contribution in [0.25, 0.3) is 0 Å². The van der Waals surface area contributed by atoms with Crippen LogP contribution < -0.4 is 4.74 Å². The van der Waals surface area contributed by atoms with Crippen molar-refractivity contribution in [2.24, 2.45) is 0 Å². The summed E-state index contributed by atoms with van der Waals surface area (Å²) in [5, 5.41) is 10.4. The van der Waals surface area contributed by atoms with Crippen molar-refractivity contribution >= 4 is 15.9 Å². The maximum Gasteiger partial charge on any atom is 0.128 e. The number of hydrogen-bond donors (Lipinski definition) is 1. The molecule has 0 radical (unpaired) electrons. The second-order valence-electron chi connectivity index (χ2n) is 4.78. The normalized spacial score (nSPS) is 14.8. The topological polar surface area (TPSA) is 29.5 Å². The molecule has 0 spiro atoms. The zero-order valence-corrected chi connectivity index (χ0v) is 12.1. The molecule has 0 aliphatic carbocycles. The summed E-state index contributed by atoms with van der Waals surface area (Å²) in [5.41, 5.74) is 3.21. The van der Waals surface area contributed by atoms with Crippen LogP contribution in [0.3, 0.4) is 0 Å². The molecule has 2 aromatic carbocycles. The highest BCUT2D eigenvalue weighted by Gasteiger charge is 2.20. The first-order valence-electron chi connectivity index (χ1n) is 6.41. The van der Waals surface area contributed by atoms with Gasteiger partial charge in [-0.05, 0) is 23.3 Å². The van der Waals surface area contributed by atoms with Crippen LogP contribution in [0, 0.1) is 0 Å². The summed E-state index contributed by atoms with van der Waals surface area (Å²) < 4.78 is 6.68. The van der Waals surface area contributed by atoms with Crippen LogP contribution in [0.15, 0.2) is 46.9 Å². The van der Waals surface area contributed by atoms with Crippen LogP contribution in [0.5, 0.6) is 5.75 Å². The summed E-state index contributed by atoms with van der Waals surface area (Å²) in [6.45, 7) is 0.718. The van der Waals surface area contributed by atoms with Crippen LogP contribution >= 0.6 is 15.9 Å². The molecule has 1 unspecified atom stereocenters. The molecule has 0 aromatic heterocycles. The minimum atomic E-state index is -0.526. The number of ether oxygens (including phenoxy) is 1. The fourth-order valence-electron chi connectivity index (χ4n) is 2.50. The van der Waals surface area contributed by atoms with Gasteiger partial charge in [-0.3, -0.25) is 0 Å². The molecule has 1 heterocycles. The van der Waals surface area contributed by atoms with E-state index in [2.05, 4.69) is 22.0 Å². The third-order valence-electron chi connectivity index (χ3n) is 3.42. The zero-order chi connectivity index (χ0) is 13.2. The Morgan fingerprint density at radius 1 is 1.21 bits per heavy atom. The minimum absolute atomic E-state index is 0.526. The summed E-state index contributed by atoms with van der Waals surface area (Å²) >= 11 is 3.45. The third-order valence-corrected chi connectivity index (χ3v) is 3.92. The van der Waals surface area contributed by atoms with Crippen molar-refractivity contribution in [1.29, 1.82) is 0 Å². The molecule has 0 saturated heterocycles. The standard InChI is InChI=1S/C16H15BrO2/c17-13-5-1-3-11(9-13)10-15(18)14-6-2-4-12-7-8-19-16(12)14/h1-6,9,15,18H,7-8,10H2. The maximum absolute atomic E-state index is 10.4. The smallest absolute Gasteiger partial charge is 0.128 e. The van der Waals surface area contributed by atoms with Crippen molar-refractivity contribution in [2.75, 3.05) is 6.61 Å². The highest BCUT2D eigenvalue weighted by Crippen LogP contribution is 2.34. The lowest BCUT2D eigenvalue weighted by atomic mass is 9.98. The molecule has 1 aliphatic heterocycles. The lowest BCUT2D eigenvalue weighted by molar-refractivity contribution is 0.173. The van der Waals surface area contributed by atoms with Gasteiger partial charge in [0, 0.05) is 22.9 Å². The number of hydrogen-bond acceptors (Lipinski definition) is 2. The van der Waals surface area contributed by atoms with E-state index in [1.54, 1.807) is 0 Å². The largest absolute Gasteiger partial charge is 0.493 e. The van der Waals surface area contributed by atoms with Gasteiger partial charge in [0.2, 0.25) is 0 Å². The predicted molar refractivity (Wildman–Crippen MR) is 78.4 cm³/mol. The Hall–Kier alpha value is -1.32. The Bertz CT molecular complexity index is 595. The van der Waals surface area contributed by atoms with E-state index in [-0.39, 0.29) is 0 Å². The van der Waals surface area contributed by atoms with Crippen molar-refractivity contribution in [3.63, 3.8) is 0 Å². The average molecular weight is 319 g/mol. The van der Waals surface area contributed by atoms with E-state index >= 15 is 0 Å². The molecule has 1 atom stereocenters. The number of aliphatic hydroxyl groups excluding tert-OH is 1. The van der Waals surface area contributed by atoms with Gasteiger partial charge in [-0.25, -0.2) is 0 Å². The van der Waals surface area contributed by atoms with Crippen LogP contribution in [-0.2, 0) is 12.8 Å². The summed E-state index contributed by atoms with van der Waals surface area (Å²) in [6.07, 6.45) is 1.01. The van der Waals surface area contributed by atoms with Crippen LogP contribution in [0.1, 0.15) is 22.8 Å². The molecule has 2 aromatic rings. The first-order valence-corrected chi connectivity index (χ1v) is 7.20. The number of para-hydroxylation sites is 1. The second kappa shape index (κ2) is 5.35. The molecule has 0 fully saturated rings. The van der Waals surface area contributed by atoms with Crippen molar-refractivity contribution < 1.29 is 9.84 Å². The lowest BCUT2D eigenvalue weighted by Gasteiger charge is -2.14. The Morgan fingerprint density at radius 3 is 2.89 bits per heavy atom. The number of rotatable bonds is 3. The molecule has 98 valence electrons. The SMILES string of the molecule is OC(Cc1cccc(Br)c1)c1cccc2c1OCC2. The number of aliphatic hydroxyl groups is 1. The van der Waals surface area contributed by atoms with Gasteiger partial charge in [0.15, 0.2) is 0 Å². The van der Waals surface area contributed by atoms with E-state index in [4.69, 9.17) is 4.74 Å². The summed E-state index contributed by atoms with van der Waals surface area (Å²) in [6, 6.07) is 14.0. The molecule has 1 N–H and O–H groups in total. The predicted octanol–water partition coefficient (Wildman–Crippen LogP) is 3.66. The van der Waals surface area contributed by atoms with E-state index < -0.39 is 6.10 Å². The average Bonchev–Trinajstić information content (AvgIpc) is 2.86. The van der Waals surface area contributed by atoms with Gasteiger partial charge in [-0.1, -0.05) is 46.3 Å². The van der Waals surface area contributed by atoms with Gasteiger partial charge >= 0.3 is 0 Å². The van der Waals surface area contributed by atoms with Gasteiger partial charge in [0.05, 0.1) is 12.7 Å². The van der Waals surface area contributed by atoms with Crippen molar-refractivity contribution in [1.82, 2.24) is 0 Å². The summed E-state index contributed by atoms with van der Waals surface area (Å²) in [7, 11) is 0. The maximum atomic E-state index is 10.4. The second-order valence-corrected chi connectivity index (χ2v) is 5.70. The molecule has 0 saturated carbocycles. The Balaban J connectivity index is 1.85. The van der Waals surface area contributed by atoms with E-state index in [0.29, 0.717) is 6.42 Å². The molecule has 2 nitrogen and oxygen atoms in total. The third kappa shape index (κ3) is 2.67. The first-order chi connectivity index (χ1) is 9.24. The van der Waals surface area contributed by atoms with Crippen molar-refractivity contribution in [3.05, 3.63) is 63.6 Å². The monoisotopic (exact) mass is 318 g/mol. The molecule has 0 amide bonds. The van der Waals surface area contributed by atoms with Crippen molar-refractivity contribution in [3.8, 4) is 5.75 Å². The fourth-order valence-corrected chi connectivity index (χ4v) is 2.95. The molecule has 3 rings (SSSR count). The molecular weight excluding hydrogens is 304 g/mol. The van der Waals surface area contributed by atoms with Gasteiger partial charge in [-0.15, -0.1) is 0 Å². The van der Waals surface area contributed by atoms with Gasteiger partial charge in [-0.2, -0.15) is 0 Å². The summed E-state index contributed by atoms with van der Waals surface area (Å²) in [4.78, 5) is 0. The zero-order valence-electron chi connectivity index (χ0n) is 10.5. The molecular formula is C16H15BrO2. The van der Waals surface area contributed by atoms with E-state index in [1.807, 2.05) is 36.4 Å². The van der Waals surface area contributed by atoms with Crippen LogP contribution in [0.2, 0.25) is 0 Å². The Labute approximate surface area is 121 Å². The molecule has 3 heteroatoms. The Kier molecular flexibility index (Phi) is 3.58. The summed E-state index contributed by atoms with van der Waals surface area (Å²) in [5.74, 6) is 0.880. The Morgan fingerprint density at radius 2 is 2.05 bits per heavy atom. The minimum Gasteiger partial charge on any atom is -0.493 e. The molecule has 1 aliphatic rings. The molecule has 19 heavy (non-hydrogen) atoms. The first kappa shape index (κ1) is 12.7. The molecule has 0 bridgehead atoms. The van der Waals surface area contributed by atoms with Crippen molar-refractivity contribution in [2.45, 2.75) is 18.9 Å². The van der Waals surface area contributed by atoms with Crippen LogP contribution in [-0.4, -0.2) is 11.7 Å². The number of fused-ring (bicyclic) bond motifs is 1. The lowest BCUT2D eigenvalue weighted by Crippen LogP contribution is -2.04. The van der Waals surface area contributed by atoms with Crippen LogP contribution in [0.4, 0.5) is 0 Å². The number of benzene rings is 2. The quantitative estimate of drug-likeness (QED) is 0.935. The van der Waals surface area contributed by atoms with E-state index in [1.165, 1.54) is 5.56 Å². The van der Waals surface area contributed by atoms with E-state index in [0.717, 1.165) is 34.4 Å².